The van der Waals surface area contributed by atoms with E-state index in [2.05, 4.69) is 10.2 Å². The van der Waals surface area contributed by atoms with Crippen LogP contribution in [-0.2, 0) is 16.4 Å². The number of benzene rings is 2. The van der Waals surface area contributed by atoms with Gasteiger partial charge in [-0.3, -0.25) is 4.79 Å². The number of nitrogens with zero attached hydrogens (tertiary/aromatic N) is 1. The molecule has 1 aliphatic heterocycles. The van der Waals surface area contributed by atoms with Gasteiger partial charge in [0.25, 0.3) is 5.91 Å². The fourth-order valence-electron chi connectivity index (χ4n) is 3.06. The highest BCUT2D eigenvalue weighted by molar-refractivity contribution is 7.91. The normalized spacial score (nSPS) is 14.4. The van der Waals surface area contributed by atoms with E-state index in [0.717, 1.165) is 24.3 Å². The number of nitrogens with one attached hydrogen (secondary N) is 1. The number of sulfone groups is 1. The Kier molecular flexibility index (Phi) is 5.61. The summed E-state index contributed by atoms with van der Waals surface area (Å²) < 4.78 is 23.6. The Morgan fingerprint density at radius 2 is 1.62 bits per heavy atom. The summed E-state index contributed by atoms with van der Waals surface area (Å²) >= 11 is 0. The summed E-state index contributed by atoms with van der Waals surface area (Å²) in [6, 6.07) is 14.3. The zero-order chi connectivity index (χ0) is 18.6. The van der Waals surface area contributed by atoms with Gasteiger partial charge in [0.15, 0.2) is 9.84 Å². The molecular formula is C20H24N2O3S. The van der Waals surface area contributed by atoms with Crippen LogP contribution >= 0.6 is 0 Å². The Balaban J connectivity index is 1.58. The minimum atomic E-state index is -3.19. The van der Waals surface area contributed by atoms with Crippen molar-refractivity contribution in [2.45, 2.75) is 31.2 Å². The fourth-order valence-corrected chi connectivity index (χ4v) is 3.95. The van der Waals surface area contributed by atoms with Gasteiger partial charge in [-0.25, -0.2) is 8.42 Å². The summed E-state index contributed by atoms with van der Waals surface area (Å²) in [6.45, 7) is 4.14. The molecular weight excluding hydrogens is 348 g/mol. The van der Waals surface area contributed by atoms with Gasteiger partial charge in [-0.15, -0.1) is 0 Å². The van der Waals surface area contributed by atoms with E-state index in [4.69, 9.17) is 0 Å². The Hall–Kier alpha value is -2.34. The summed E-state index contributed by atoms with van der Waals surface area (Å²) in [4.78, 5) is 14.9. The van der Waals surface area contributed by atoms with Crippen LogP contribution in [0.2, 0.25) is 0 Å². The van der Waals surface area contributed by atoms with Crippen LogP contribution in [0.5, 0.6) is 0 Å². The molecule has 1 heterocycles. The maximum absolute atomic E-state index is 12.3. The van der Waals surface area contributed by atoms with Gasteiger partial charge in [-0.2, -0.15) is 0 Å². The highest BCUT2D eigenvalue weighted by atomic mass is 32.2. The molecule has 0 spiro atoms. The van der Waals surface area contributed by atoms with Gasteiger partial charge in [0, 0.05) is 30.9 Å². The predicted octanol–water partition coefficient (Wildman–Crippen LogP) is 3.01. The number of anilines is 1. The van der Waals surface area contributed by atoms with Crippen molar-refractivity contribution >= 4 is 21.4 Å². The van der Waals surface area contributed by atoms with Crippen molar-refractivity contribution in [1.82, 2.24) is 5.32 Å². The van der Waals surface area contributed by atoms with Crippen molar-refractivity contribution in [3.63, 3.8) is 0 Å². The Labute approximate surface area is 154 Å². The molecule has 26 heavy (non-hydrogen) atoms. The van der Waals surface area contributed by atoms with E-state index in [1.807, 2.05) is 24.3 Å². The minimum Gasteiger partial charge on any atom is -0.372 e. The number of hydrogen-bond acceptors (Lipinski definition) is 4. The quantitative estimate of drug-likeness (QED) is 0.846. The number of amides is 1. The Morgan fingerprint density at radius 1 is 1.00 bits per heavy atom. The lowest BCUT2D eigenvalue weighted by atomic mass is 10.1. The first-order valence-electron chi connectivity index (χ1n) is 8.94. The molecule has 0 bridgehead atoms. The molecule has 2 aromatic rings. The highest BCUT2D eigenvalue weighted by Gasteiger charge is 2.13. The van der Waals surface area contributed by atoms with Crippen molar-refractivity contribution in [2.24, 2.45) is 0 Å². The van der Waals surface area contributed by atoms with Crippen molar-refractivity contribution in [2.75, 3.05) is 23.7 Å². The van der Waals surface area contributed by atoms with Gasteiger partial charge in [0.05, 0.1) is 10.6 Å². The molecule has 1 fully saturated rings. The van der Waals surface area contributed by atoms with E-state index in [9.17, 15) is 13.2 Å². The smallest absolute Gasteiger partial charge is 0.251 e. The first-order chi connectivity index (χ1) is 12.5. The third-order valence-corrected chi connectivity index (χ3v) is 6.47. The van der Waals surface area contributed by atoms with Crippen LogP contribution < -0.4 is 10.2 Å². The van der Waals surface area contributed by atoms with Gasteiger partial charge >= 0.3 is 0 Å². The van der Waals surface area contributed by atoms with Crippen LogP contribution in [0.4, 0.5) is 5.69 Å². The number of rotatable bonds is 6. The third kappa shape index (κ3) is 4.25. The van der Waals surface area contributed by atoms with Gasteiger partial charge in [0.1, 0.15) is 0 Å². The average molecular weight is 372 g/mol. The lowest BCUT2D eigenvalue weighted by molar-refractivity contribution is 0.0951. The van der Waals surface area contributed by atoms with Gasteiger partial charge in [0.2, 0.25) is 0 Å². The summed E-state index contributed by atoms with van der Waals surface area (Å²) in [5.74, 6) is -0.0560. The standard InChI is InChI=1S/C20H24N2O3S/c1-2-26(24,25)19-11-5-16(6-12-19)15-21-20(23)17-7-9-18(10-8-17)22-13-3-4-14-22/h5-12H,2-4,13-15H2,1H3,(H,21,23). The lowest BCUT2D eigenvalue weighted by Crippen LogP contribution is -2.23. The monoisotopic (exact) mass is 372 g/mol. The minimum absolute atomic E-state index is 0.0799. The lowest BCUT2D eigenvalue weighted by Gasteiger charge is -2.17. The SMILES string of the molecule is CCS(=O)(=O)c1ccc(CNC(=O)c2ccc(N3CCCC3)cc2)cc1. The van der Waals surface area contributed by atoms with Crippen molar-refractivity contribution in [3.05, 3.63) is 59.7 Å². The highest BCUT2D eigenvalue weighted by Crippen LogP contribution is 2.20. The molecule has 138 valence electrons. The van der Waals surface area contributed by atoms with E-state index in [1.54, 1.807) is 31.2 Å². The molecule has 0 atom stereocenters. The fraction of sp³-hybridized carbons (Fsp3) is 0.350. The second kappa shape index (κ2) is 7.91. The van der Waals surface area contributed by atoms with Gasteiger partial charge < -0.3 is 10.2 Å². The van der Waals surface area contributed by atoms with E-state index in [-0.39, 0.29) is 11.7 Å². The van der Waals surface area contributed by atoms with E-state index < -0.39 is 9.84 Å². The first kappa shape index (κ1) is 18.5. The molecule has 0 aromatic heterocycles. The molecule has 1 N–H and O–H groups in total. The predicted molar refractivity (Wildman–Crippen MR) is 103 cm³/mol. The largest absolute Gasteiger partial charge is 0.372 e. The molecule has 6 heteroatoms. The molecule has 0 unspecified atom stereocenters. The van der Waals surface area contributed by atoms with Crippen molar-refractivity contribution < 1.29 is 13.2 Å². The van der Waals surface area contributed by atoms with Crippen LogP contribution in [-0.4, -0.2) is 33.2 Å². The molecule has 0 radical (unpaired) electrons. The van der Waals surface area contributed by atoms with Crippen LogP contribution in [0.25, 0.3) is 0 Å². The Morgan fingerprint density at radius 3 is 2.19 bits per heavy atom. The maximum Gasteiger partial charge on any atom is 0.251 e. The molecule has 0 saturated carbocycles. The number of carbonyl (C=O) groups excluding carboxylic acids is 1. The summed E-state index contributed by atoms with van der Waals surface area (Å²) in [5, 5.41) is 2.87. The maximum atomic E-state index is 12.3. The molecule has 1 aliphatic rings. The van der Waals surface area contributed by atoms with Gasteiger partial charge in [-0.05, 0) is 54.8 Å². The topological polar surface area (TPSA) is 66.5 Å². The van der Waals surface area contributed by atoms with Crippen LogP contribution in [0.1, 0.15) is 35.7 Å². The summed E-state index contributed by atoms with van der Waals surface area (Å²) in [7, 11) is -3.19. The van der Waals surface area contributed by atoms with Crippen LogP contribution in [0.3, 0.4) is 0 Å². The molecule has 1 saturated heterocycles. The van der Waals surface area contributed by atoms with E-state index >= 15 is 0 Å². The summed E-state index contributed by atoms with van der Waals surface area (Å²) in [5.41, 5.74) is 2.65. The zero-order valence-electron chi connectivity index (χ0n) is 14.9. The first-order valence-corrected chi connectivity index (χ1v) is 10.6. The zero-order valence-corrected chi connectivity index (χ0v) is 15.8. The van der Waals surface area contributed by atoms with Gasteiger partial charge in [-0.1, -0.05) is 19.1 Å². The van der Waals surface area contributed by atoms with Crippen molar-refractivity contribution in [1.29, 1.82) is 0 Å². The second-order valence-corrected chi connectivity index (χ2v) is 8.75. The summed E-state index contributed by atoms with van der Waals surface area (Å²) in [6.07, 6.45) is 2.45. The molecule has 3 rings (SSSR count). The van der Waals surface area contributed by atoms with Crippen LogP contribution in [0.15, 0.2) is 53.4 Å². The number of carbonyl (C=O) groups is 1. The van der Waals surface area contributed by atoms with Crippen LogP contribution in [0, 0.1) is 0 Å². The second-order valence-electron chi connectivity index (χ2n) is 6.47. The van der Waals surface area contributed by atoms with E-state index in [0.29, 0.717) is 17.0 Å². The van der Waals surface area contributed by atoms with E-state index in [1.165, 1.54) is 12.8 Å². The molecule has 5 nitrogen and oxygen atoms in total. The Bertz CT molecular complexity index is 853. The number of hydrogen-bond donors (Lipinski definition) is 1. The average Bonchev–Trinajstić information content (AvgIpc) is 3.21. The third-order valence-electron chi connectivity index (χ3n) is 4.72. The molecule has 0 aliphatic carbocycles. The molecule has 2 aromatic carbocycles. The molecule has 1 amide bonds. The van der Waals surface area contributed by atoms with Crippen molar-refractivity contribution in [3.8, 4) is 0 Å².